The summed E-state index contributed by atoms with van der Waals surface area (Å²) in [4.78, 5) is 8.86. The molecule has 23 heavy (non-hydrogen) atoms. The van der Waals surface area contributed by atoms with Crippen molar-refractivity contribution in [2.75, 3.05) is 12.4 Å². The van der Waals surface area contributed by atoms with Crippen LogP contribution in [0.2, 0.25) is 0 Å². The molecule has 118 valence electrons. The van der Waals surface area contributed by atoms with Crippen LogP contribution >= 0.6 is 22.6 Å². The van der Waals surface area contributed by atoms with Crippen molar-refractivity contribution in [3.63, 3.8) is 0 Å². The topological polar surface area (TPSA) is 64.9 Å². The van der Waals surface area contributed by atoms with Crippen LogP contribution in [0.5, 0.6) is 5.75 Å². The maximum Gasteiger partial charge on any atom is 0.227 e. The van der Waals surface area contributed by atoms with E-state index in [1.54, 1.807) is 13.3 Å². The molecule has 0 saturated heterocycles. The molecule has 1 aromatic carbocycles. The molecule has 1 N–H and O–H groups in total. The summed E-state index contributed by atoms with van der Waals surface area (Å²) in [5.41, 5.74) is 2.72. The molecular weight excluding hydrogens is 405 g/mol. The Hall–Kier alpha value is -2.16. The van der Waals surface area contributed by atoms with Crippen LogP contribution in [0.3, 0.4) is 0 Å². The Labute approximate surface area is 148 Å². The Morgan fingerprint density at radius 2 is 2.17 bits per heavy atom. The van der Waals surface area contributed by atoms with Gasteiger partial charge in [0.05, 0.1) is 18.4 Å². The molecule has 0 atom stereocenters. The fourth-order valence-corrected chi connectivity index (χ4v) is 2.82. The van der Waals surface area contributed by atoms with Crippen molar-refractivity contribution in [1.29, 1.82) is 0 Å². The van der Waals surface area contributed by atoms with Gasteiger partial charge in [-0.15, -0.1) is 0 Å². The average Bonchev–Trinajstić information content (AvgIpc) is 2.96. The van der Waals surface area contributed by atoms with E-state index in [4.69, 9.17) is 4.74 Å². The highest BCUT2D eigenvalue weighted by Crippen LogP contribution is 2.24. The molecule has 0 aliphatic carbocycles. The summed E-state index contributed by atoms with van der Waals surface area (Å²) in [6.45, 7) is 2.89. The number of nitrogens with zero attached hydrogens (tertiary/aromatic N) is 4. The van der Waals surface area contributed by atoms with Gasteiger partial charge in [0.2, 0.25) is 5.95 Å². The van der Waals surface area contributed by atoms with Crippen molar-refractivity contribution >= 4 is 34.2 Å². The van der Waals surface area contributed by atoms with E-state index < -0.39 is 0 Å². The third-order valence-corrected chi connectivity index (χ3v) is 4.09. The fraction of sp³-hybridized carbons (Fsp3) is 0.188. The van der Waals surface area contributed by atoms with E-state index in [9.17, 15) is 0 Å². The number of aromatic nitrogens is 4. The third-order valence-electron chi connectivity index (χ3n) is 3.30. The molecule has 2 heterocycles. The zero-order chi connectivity index (χ0) is 16.2. The predicted molar refractivity (Wildman–Crippen MR) is 97.9 cm³/mol. The predicted octanol–water partition coefficient (Wildman–Crippen LogP) is 3.72. The van der Waals surface area contributed by atoms with Crippen LogP contribution in [0.15, 0.2) is 42.7 Å². The smallest absolute Gasteiger partial charge is 0.227 e. The molecule has 0 aliphatic heterocycles. The van der Waals surface area contributed by atoms with Crippen LogP contribution in [0, 0.1) is 3.70 Å². The average molecular weight is 421 g/mol. The molecule has 3 aromatic rings. The highest BCUT2D eigenvalue weighted by Gasteiger charge is 2.10. The second-order valence-electron chi connectivity index (χ2n) is 4.81. The van der Waals surface area contributed by atoms with Gasteiger partial charge < -0.3 is 10.1 Å². The molecule has 0 amide bonds. The van der Waals surface area contributed by atoms with E-state index in [0.29, 0.717) is 5.95 Å². The zero-order valence-electron chi connectivity index (χ0n) is 12.8. The minimum Gasteiger partial charge on any atom is -0.497 e. The van der Waals surface area contributed by atoms with Crippen molar-refractivity contribution in [3.8, 4) is 17.0 Å². The van der Waals surface area contributed by atoms with E-state index in [1.165, 1.54) is 0 Å². The number of benzene rings is 1. The number of nitrogens with one attached hydrogen (secondary N) is 1. The molecule has 3 rings (SSSR count). The molecule has 2 aromatic heterocycles. The summed E-state index contributed by atoms with van der Waals surface area (Å²) in [5.74, 6) is 1.32. The van der Waals surface area contributed by atoms with Crippen molar-refractivity contribution in [3.05, 3.63) is 46.4 Å². The number of methoxy groups -OCH3 is 1. The molecule has 6 nitrogen and oxygen atoms in total. The van der Waals surface area contributed by atoms with Crippen LogP contribution < -0.4 is 10.1 Å². The van der Waals surface area contributed by atoms with E-state index >= 15 is 0 Å². The van der Waals surface area contributed by atoms with Gasteiger partial charge in [0, 0.05) is 30.7 Å². The number of aryl methyl sites for hydroxylation is 1. The first-order valence-electron chi connectivity index (χ1n) is 7.17. The monoisotopic (exact) mass is 421 g/mol. The van der Waals surface area contributed by atoms with Gasteiger partial charge >= 0.3 is 0 Å². The van der Waals surface area contributed by atoms with Crippen LogP contribution in [-0.4, -0.2) is 26.9 Å². The number of halogens is 1. The van der Waals surface area contributed by atoms with Gasteiger partial charge in [-0.2, -0.15) is 5.10 Å². The maximum atomic E-state index is 5.22. The molecule has 0 bridgehead atoms. The number of hydrogen-bond acceptors (Lipinski definition) is 5. The van der Waals surface area contributed by atoms with Gasteiger partial charge in [0.1, 0.15) is 9.45 Å². The zero-order valence-corrected chi connectivity index (χ0v) is 15.0. The van der Waals surface area contributed by atoms with E-state index in [1.807, 2.05) is 41.2 Å². The molecule has 0 fully saturated rings. The summed E-state index contributed by atoms with van der Waals surface area (Å²) in [6.07, 6.45) is 3.74. The van der Waals surface area contributed by atoms with Crippen LogP contribution in [0.25, 0.3) is 11.3 Å². The fourth-order valence-electron chi connectivity index (χ4n) is 2.13. The van der Waals surface area contributed by atoms with Crippen molar-refractivity contribution < 1.29 is 4.74 Å². The van der Waals surface area contributed by atoms with Gasteiger partial charge in [0.25, 0.3) is 0 Å². The second kappa shape index (κ2) is 6.95. The minimum atomic E-state index is 0.538. The molecule has 0 radical (unpaired) electrons. The van der Waals surface area contributed by atoms with E-state index in [-0.39, 0.29) is 0 Å². The van der Waals surface area contributed by atoms with Crippen LogP contribution in [0.4, 0.5) is 11.6 Å². The first-order chi connectivity index (χ1) is 11.2. The summed E-state index contributed by atoms with van der Waals surface area (Å²) in [5, 5.41) is 7.64. The summed E-state index contributed by atoms with van der Waals surface area (Å²) >= 11 is 2.22. The molecule has 7 heteroatoms. The Morgan fingerprint density at radius 1 is 1.30 bits per heavy atom. The standard InChI is InChI=1S/C16H16IN5O/c1-3-22-10-13(15(17)21-22)14-7-8-18-16(20-14)19-11-5-4-6-12(9-11)23-2/h4-10H,3H2,1-2H3,(H,18,19,20). The van der Waals surface area contributed by atoms with Crippen molar-refractivity contribution in [2.45, 2.75) is 13.5 Å². The number of hydrogen-bond donors (Lipinski definition) is 1. The van der Waals surface area contributed by atoms with Gasteiger partial charge in [-0.3, -0.25) is 4.68 Å². The van der Waals surface area contributed by atoms with Crippen molar-refractivity contribution in [2.24, 2.45) is 0 Å². The number of anilines is 2. The van der Waals surface area contributed by atoms with Gasteiger partial charge in [-0.25, -0.2) is 9.97 Å². The highest BCUT2D eigenvalue weighted by molar-refractivity contribution is 14.1. The Bertz CT molecular complexity index is 818. The van der Waals surface area contributed by atoms with E-state index in [2.05, 4.69) is 49.9 Å². The highest BCUT2D eigenvalue weighted by atomic mass is 127. The largest absolute Gasteiger partial charge is 0.497 e. The normalized spacial score (nSPS) is 10.6. The Morgan fingerprint density at radius 3 is 2.91 bits per heavy atom. The lowest BCUT2D eigenvalue weighted by Crippen LogP contribution is -1.98. The van der Waals surface area contributed by atoms with Gasteiger partial charge in [-0.05, 0) is 47.7 Å². The molecule has 0 aliphatic rings. The minimum absolute atomic E-state index is 0.538. The summed E-state index contributed by atoms with van der Waals surface area (Å²) in [6, 6.07) is 9.53. The molecule has 0 unspecified atom stereocenters. The van der Waals surface area contributed by atoms with Crippen LogP contribution in [-0.2, 0) is 6.54 Å². The number of rotatable bonds is 5. The second-order valence-corrected chi connectivity index (χ2v) is 5.83. The number of ether oxygens (including phenoxy) is 1. The lowest BCUT2D eigenvalue weighted by atomic mass is 10.2. The molecule has 0 spiro atoms. The Kier molecular flexibility index (Phi) is 4.75. The molecular formula is C16H16IN5O. The first kappa shape index (κ1) is 15.7. The third kappa shape index (κ3) is 3.61. The SMILES string of the molecule is CCn1cc(-c2ccnc(Nc3cccc(OC)c3)n2)c(I)n1. The van der Waals surface area contributed by atoms with Crippen LogP contribution in [0.1, 0.15) is 6.92 Å². The lowest BCUT2D eigenvalue weighted by molar-refractivity contribution is 0.415. The van der Waals surface area contributed by atoms with Crippen molar-refractivity contribution in [1.82, 2.24) is 19.7 Å². The first-order valence-corrected chi connectivity index (χ1v) is 8.25. The summed E-state index contributed by atoms with van der Waals surface area (Å²) < 4.78 is 8.05. The summed E-state index contributed by atoms with van der Waals surface area (Å²) in [7, 11) is 1.64. The van der Waals surface area contributed by atoms with E-state index in [0.717, 1.165) is 32.9 Å². The lowest BCUT2D eigenvalue weighted by Gasteiger charge is -2.07. The quantitative estimate of drug-likeness (QED) is 0.637. The molecule has 0 saturated carbocycles. The van der Waals surface area contributed by atoms with Gasteiger partial charge in [-0.1, -0.05) is 6.07 Å². The maximum absolute atomic E-state index is 5.22. The Balaban J connectivity index is 1.88. The van der Waals surface area contributed by atoms with Gasteiger partial charge in [0.15, 0.2) is 0 Å².